The molecule has 0 aliphatic carbocycles. The number of nitro groups is 1. The van der Waals surface area contributed by atoms with Crippen LogP contribution in [0.2, 0.25) is 0 Å². The van der Waals surface area contributed by atoms with Crippen molar-refractivity contribution in [2.24, 2.45) is 0 Å². The van der Waals surface area contributed by atoms with Crippen LogP contribution >= 0.6 is 0 Å². The third-order valence-electron chi connectivity index (χ3n) is 3.92. The van der Waals surface area contributed by atoms with Crippen LogP contribution in [0.4, 0.5) is 10.1 Å². The smallest absolute Gasteiger partial charge is 0.311 e. The van der Waals surface area contributed by atoms with E-state index in [0.29, 0.717) is 11.3 Å². The van der Waals surface area contributed by atoms with Crippen molar-refractivity contribution in [2.75, 3.05) is 0 Å². The fourth-order valence-corrected chi connectivity index (χ4v) is 2.51. The zero-order valence-electron chi connectivity index (χ0n) is 13.9. The SMILES string of the molecule is CC(O)c1ccc([N+](=O)[O-])c(Oc2ccc(-c3ccc(F)cc3)cc2)c1. The normalized spacial score (nSPS) is 11.8. The molecular formula is C20H16FNO4. The van der Waals surface area contributed by atoms with Crippen molar-refractivity contribution in [2.45, 2.75) is 13.0 Å². The molecule has 3 rings (SSSR count). The Hall–Kier alpha value is -3.25. The van der Waals surface area contributed by atoms with Crippen molar-refractivity contribution in [1.29, 1.82) is 0 Å². The second-order valence-electron chi connectivity index (χ2n) is 5.79. The molecule has 5 nitrogen and oxygen atoms in total. The number of nitro benzene ring substituents is 1. The van der Waals surface area contributed by atoms with Gasteiger partial charge in [-0.15, -0.1) is 0 Å². The summed E-state index contributed by atoms with van der Waals surface area (Å²) < 4.78 is 18.7. The molecule has 0 aliphatic heterocycles. The Morgan fingerprint density at radius 2 is 1.58 bits per heavy atom. The van der Waals surface area contributed by atoms with E-state index in [1.54, 1.807) is 43.3 Å². The van der Waals surface area contributed by atoms with Crippen LogP contribution in [0.15, 0.2) is 66.7 Å². The highest BCUT2D eigenvalue weighted by atomic mass is 19.1. The third kappa shape index (κ3) is 3.87. The predicted octanol–water partition coefficient (Wildman–Crippen LogP) is 5.25. The average molecular weight is 353 g/mol. The monoisotopic (exact) mass is 353 g/mol. The zero-order valence-corrected chi connectivity index (χ0v) is 13.9. The molecule has 1 unspecified atom stereocenters. The molecule has 0 saturated carbocycles. The van der Waals surface area contributed by atoms with Crippen molar-refractivity contribution in [1.82, 2.24) is 0 Å². The Balaban J connectivity index is 1.88. The van der Waals surface area contributed by atoms with Crippen LogP contribution in [0.25, 0.3) is 11.1 Å². The van der Waals surface area contributed by atoms with Gasteiger partial charge in [0.25, 0.3) is 0 Å². The summed E-state index contributed by atoms with van der Waals surface area (Å²) in [5, 5.41) is 20.9. The van der Waals surface area contributed by atoms with Gasteiger partial charge in [0.15, 0.2) is 0 Å². The summed E-state index contributed by atoms with van der Waals surface area (Å²) in [4.78, 5) is 10.7. The molecule has 0 bridgehead atoms. The minimum Gasteiger partial charge on any atom is -0.450 e. The van der Waals surface area contributed by atoms with E-state index in [0.717, 1.165) is 11.1 Å². The standard InChI is InChI=1S/C20H16FNO4/c1-13(23)16-6-11-19(22(24)25)20(12-16)26-18-9-4-15(5-10-18)14-2-7-17(21)8-3-14/h2-13,23H,1H3. The number of nitrogens with zero attached hydrogens (tertiary/aromatic N) is 1. The average Bonchev–Trinajstić information content (AvgIpc) is 2.63. The van der Waals surface area contributed by atoms with Crippen LogP contribution in [0.1, 0.15) is 18.6 Å². The van der Waals surface area contributed by atoms with Gasteiger partial charge in [0.05, 0.1) is 11.0 Å². The molecule has 3 aromatic carbocycles. The Bertz CT molecular complexity index is 922. The van der Waals surface area contributed by atoms with E-state index < -0.39 is 11.0 Å². The topological polar surface area (TPSA) is 72.6 Å². The lowest BCUT2D eigenvalue weighted by Crippen LogP contribution is -1.97. The summed E-state index contributed by atoms with van der Waals surface area (Å²) in [6, 6.07) is 17.3. The van der Waals surface area contributed by atoms with Crippen molar-refractivity contribution >= 4 is 5.69 Å². The third-order valence-corrected chi connectivity index (χ3v) is 3.92. The maximum Gasteiger partial charge on any atom is 0.311 e. The summed E-state index contributed by atoms with van der Waals surface area (Å²) in [5.74, 6) is 0.170. The van der Waals surface area contributed by atoms with Gasteiger partial charge in [0.1, 0.15) is 11.6 Å². The molecule has 0 aliphatic rings. The van der Waals surface area contributed by atoms with E-state index in [1.165, 1.54) is 30.3 Å². The van der Waals surface area contributed by atoms with E-state index in [4.69, 9.17) is 4.74 Å². The molecule has 26 heavy (non-hydrogen) atoms. The second kappa shape index (κ2) is 7.33. The maximum atomic E-state index is 13.0. The highest BCUT2D eigenvalue weighted by molar-refractivity contribution is 5.64. The zero-order chi connectivity index (χ0) is 18.7. The number of aliphatic hydroxyl groups excluding tert-OH is 1. The largest absolute Gasteiger partial charge is 0.450 e. The molecule has 0 heterocycles. The molecule has 6 heteroatoms. The molecule has 0 spiro atoms. The minimum absolute atomic E-state index is 0.0583. The Morgan fingerprint density at radius 3 is 2.12 bits per heavy atom. The summed E-state index contributed by atoms with van der Waals surface area (Å²) in [6.45, 7) is 1.57. The fraction of sp³-hybridized carbons (Fsp3) is 0.100. The lowest BCUT2D eigenvalue weighted by Gasteiger charge is -2.10. The molecular weight excluding hydrogens is 337 g/mol. The molecule has 1 N–H and O–H groups in total. The van der Waals surface area contributed by atoms with Crippen LogP contribution in [-0.4, -0.2) is 10.0 Å². The summed E-state index contributed by atoms with van der Waals surface area (Å²) >= 11 is 0. The predicted molar refractivity (Wildman–Crippen MR) is 95.6 cm³/mol. The van der Waals surface area contributed by atoms with Gasteiger partial charge in [-0.05, 0) is 60.0 Å². The molecule has 1 atom stereocenters. The molecule has 0 radical (unpaired) electrons. The number of benzene rings is 3. The number of aliphatic hydroxyl groups is 1. The first kappa shape index (κ1) is 17.6. The Morgan fingerprint density at radius 1 is 1.00 bits per heavy atom. The Kier molecular flexibility index (Phi) is 4.95. The first-order chi connectivity index (χ1) is 12.4. The fourth-order valence-electron chi connectivity index (χ4n) is 2.51. The summed E-state index contributed by atoms with van der Waals surface area (Å²) in [7, 11) is 0. The van der Waals surface area contributed by atoms with Gasteiger partial charge in [-0.3, -0.25) is 10.1 Å². The van der Waals surface area contributed by atoms with Gasteiger partial charge in [0, 0.05) is 6.07 Å². The molecule has 132 valence electrons. The van der Waals surface area contributed by atoms with Gasteiger partial charge < -0.3 is 9.84 Å². The van der Waals surface area contributed by atoms with Crippen LogP contribution in [0, 0.1) is 15.9 Å². The van der Waals surface area contributed by atoms with Crippen LogP contribution in [0.5, 0.6) is 11.5 Å². The number of rotatable bonds is 5. The maximum absolute atomic E-state index is 13.0. The highest BCUT2D eigenvalue weighted by Gasteiger charge is 2.18. The van der Waals surface area contributed by atoms with E-state index >= 15 is 0 Å². The second-order valence-corrected chi connectivity index (χ2v) is 5.79. The van der Waals surface area contributed by atoms with Crippen molar-refractivity contribution in [3.8, 4) is 22.6 Å². The summed E-state index contributed by atoms with van der Waals surface area (Å²) in [6.07, 6.45) is -0.765. The summed E-state index contributed by atoms with van der Waals surface area (Å²) in [5.41, 5.74) is 2.05. The van der Waals surface area contributed by atoms with Crippen LogP contribution < -0.4 is 4.74 Å². The number of ether oxygens (including phenoxy) is 1. The van der Waals surface area contributed by atoms with E-state index in [-0.39, 0.29) is 17.3 Å². The highest BCUT2D eigenvalue weighted by Crippen LogP contribution is 2.34. The van der Waals surface area contributed by atoms with Crippen LogP contribution in [0.3, 0.4) is 0 Å². The number of hydrogen-bond donors (Lipinski definition) is 1. The van der Waals surface area contributed by atoms with Gasteiger partial charge >= 0.3 is 5.69 Å². The minimum atomic E-state index is -0.765. The molecule has 0 aromatic heterocycles. The van der Waals surface area contributed by atoms with Gasteiger partial charge in [-0.25, -0.2) is 4.39 Å². The van der Waals surface area contributed by atoms with Gasteiger partial charge in [0.2, 0.25) is 5.75 Å². The van der Waals surface area contributed by atoms with E-state index in [9.17, 15) is 19.6 Å². The lowest BCUT2D eigenvalue weighted by atomic mass is 10.1. The number of halogens is 1. The quantitative estimate of drug-likeness (QED) is 0.502. The van der Waals surface area contributed by atoms with Crippen LogP contribution in [-0.2, 0) is 0 Å². The molecule has 3 aromatic rings. The lowest BCUT2D eigenvalue weighted by molar-refractivity contribution is -0.385. The van der Waals surface area contributed by atoms with Gasteiger partial charge in [-0.2, -0.15) is 0 Å². The molecule has 0 fully saturated rings. The first-order valence-electron chi connectivity index (χ1n) is 7.94. The number of hydrogen-bond acceptors (Lipinski definition) is 4. The van der Waals surface area contributed by atoms with Crippen molar-refractivity contribution in [3.05, 3.63) is 88.2 Å². The van der Waals surface area contributed by atoms with Crippen molar-refractivity contribution < 1.29 is 19.2 Å². The van der Waals surface area contributed by atoms with E-state index in [2.05, 4.69) is 0 Å². The molecule has 0 saturated heterocycles. The first-order valence-corrected chi connectivity index (χ1v) is 7.94. The molecule has 0 amide bonds. The van der Waals surface area contributed by atoms with E-state index in [1.807, 2.05) is 0 Å². The van der Waals surface area contributed by atoms with Gasteiger partial charge in [-0.1, -0.05) is 24.3 Å². The van der Waals surface area contributed by atoms with Crippen molar-refractivity contribution in [3.63, 3.8) is 0 Å². The Labute approximate surface area is 149 Å².